The summed E-state index contributed by atoms with van der Waals surface area (Å²) in [5.74, 6) is -1.08. The number of carbonyl (C=O) groups is 2. The molecule has 0 bridgehead atoms. The van der Waals surface area contributed by atoms with Crippen LogP contribution in [0, 0.1) is 56.7 Å². The Labute approximate surface area is 267 Å². The van der Waals surface area contributed by atoms with Crippen LogP contribution in [0.5, 0.6) is 0 Å². The highest BCUT2D eigenvalue weighted by molar-refractivity contribution is 5.84. The molecule has 5 fully saturated rings. The van der Waals surface area contributed by atoms with E-state index in [9.17, 15) is 35.1 Å². The minimum Gasteiger partial charge on any atom is -0.481 e. The molecule has 9 heteroatoms. The molecule has 0 amide bonds. The molecule has 9 nitrogen and oxygen atoms in total. The normalized spacial score (nSPS) is 54.0. The largest absolute Gasteiger partial charge is 0.481 e. The van der Waals surface area contributed by atoms with E-state index in [1.807, 2.05) is 0 Å². The van der Waals surface area contributed by atoms with E-state index in [1.165, 1.54) is 0 Å². The average molecular weight is 633 g/mol. The molecule has 254 valence electrons. The van der Waals surface area contributed by atoms with Crippen molar-refractivity contribution >= 4 is 11.9 Å². The van der Waals surface area contributed by atoms with Crippen molar-refractivity contribution in [3.8, 4) is 0 Å². The zero-order valence-electron chi connectivity index (χ0n) is 28.2. The summed E-state index contributed by atoms with van der Waals surface area (Å²) >= 11 is 0. The Morgan fingerprint density at radius 1 is 0.822 bits per heavy atom. The van der Waals surface area contributed by atoms with Gasteiger partial charge in [-0.2, -0.15) is 0 Å². The number of allylic oxidation sites excluding steroid dienone is 1. The molecule has 1 heterocycles. The summed E-state index contributed by atoms with van der Waals surface area (Å²) < 4.78 is 12.3. The predicted octanol–water partition coefficient (Wildman–Crippen LogP) is 5.01. The maximum atomic E-state index is 13.8. The van der Waals surface area contributed by atoms with Gasteiger partial charge in [0.2, 0.25) is 0 Å². The van der Waals surface area contributed by atoms with Crippen molar-refractivity contribution in [1.82, 2.24) is 0 Å². The van der Waals surface area contributed by atoms with Gasteiger partial charge in [-0.05, 0) is 111 Å². The van der Waals surface area contributed by atoms with Gasteiger partial charge in [-0.3, -0.25) is 9.59 Å². The molecule has 1 saturated heterocycles. The zero-order chi connectivity index (χ0) is 33.1. The summed E-state index contributed by atoms with van der Waals surface area (Å²) in [5.41, 5.74) is -2.13. The number of carboxylic acid groups (broad SMARTS) is 2. The molecular formula is C36H56O9. The van der Waals surface area contributed by atoms with Gasteiger partial charge in [-0.25, -0.2) is 0 Å². The van der Waals surface area contributed by atoms with Crippen LogP contribution in [-0.2, 0) is 19.1 Å². The molecule has 5 aliphatic carbocycles. The lowest BCUT2D eigenvalue weighted by atomic mass is 9.33. The number of fused-ring (bicyclic) bond motifs is 7. The van der Waals surface area contributed by atoms with Gasteiger partial charge in [0.25, 0.3) is 0 Å². The van der Waals surface area contributed by atoms with Crippen molar-refractivity contribution in [2.75, 3.05) is 0 Å². The number of ether oxygens (including phenoxy) is 2. The zero-order valence-corrected chi connectivity index (χ0v) is 28.2. The quantitative estimate of drug-likeness (QED) is 0.213. The number of rotatable bonds is 4. The molecule has 0 radical (unpaired) electrons. The van der Waals surface area contributed by atoms with E-state index in [-0.39, 0.29) is 40.6 Å². The molecule has 45 heavy (non-hydrogen) atoms. The third-order valence-corrected chi connectivity index (χ3v) is 15.3. The Morgan fingerprint density at radius 2 is 1.51 bits per heavy atom. The fourth-order valence-corrected chi connectivity index (χ4v) is 12.5. The van der Waals surface area contributed by atoms with Crippen LogP contribution in [0.25, 0.3) is 0 Å². The van der Waals surface area contributed by atoms with Crippen LogP contribution in [0.4, 0.5) is 0 Å². The predicted molar refractivity (Wildman–Crippen MR) is 166 cm³/mol. The fourth-order valence-electron chi connectivity index (χ4n) is 12.5. The monoisotopic (exact) mass is 632 g/mol. The van der Waals surface area contributed by atoms with Gasteiger partial charge >= 0.3 is 11.9 Å². The maximum Gasteiger partial charge on any atom is 0.314 e. The van der Waals surface area contributed by atoms with Gasteiger partial charge in [0.05, 0.1) is 23.0 Å². The van der Waals surface area contributed by atoms with E-state index in [1.54, 1.807) is 6.92 Å². The first-order chi connectivity index (χ1) is 20.9. The standard InChI is InChI=1S/C36H56O9/c1-18-10-15-35(30(40)41)16-17-36(31(42)43)21(25(35)19(18)2)8-9-23-33(6)13-12-24(32(4,5)22(33)11-14-34(23,36)7)45-29-28(39)27(38)26(37)20(3)44-29/h8,18-20,22-29,37-39H,9-17H2,1-7H3,(H,40,41)(H,42,43)/t18-,19+,20-,22-,23+,24+,25+,26+,27+,28-,29+,33+,34-,35+,36-/m1/s1. The molecule has 0 unspecified atom stereocenters. The summed E-state index contributed by atoms with van der Waals surface area (Å²) in [6.07, 6.45) is 2.36. The molecule has 6 aliphatic rings. The van der Waals surface area contributed by atoms with Crippen molar-refractivity contribution in [2.24, 2.45) is 56.7 Å². The number of aliphatic hydroxyl groups is 3. The first-order valence-corrected chi connectivity index (χ1v) is 17.4. The molecule has 15 atom stereocenters. The van der Waals surface area contributed by atoms with Crippen molar-refractivity contribution in [1.29, 1.82) is 0 Å². The third-order valence-electron chi connectivity index (χ3n) is 15.3. The Bertz CT molecular complexity index is 1250. The van der Waals surface area contributed by atoms with Crippen LogP contribution in [-0.4, -0.2) is 74.3 Å². The van der Waals surface area contributed by atoms with Crippen LogP contribution in [0.15, 0.2) is 11.6 Å². The number of hydrogen-bond donors (Lipinski definition) is 5. The maximum absolute atomic E-state index is 13.8. The summed E-state index contributed by atoms with van der Waals surface area (Å²) in [7, 11) is 0. The molecule has 0 aromatic carbocycles. The van der Waals surface area contributed by atoms with Crippen molar-refractivity contribution in [3.05, 3.63) is 11.6 Å². The number of hydrogen-bond acceptors (Lipinski definition) is 7. The van der Waals surface area contributed by atoms with E-state index < -0.39 is 58.9 Å². The first-order valence-electron chi connectivity index (χ1n) is 17.4. The Morgan fingerprint density at radius 3 is 2.16 bits per heavy atom. The van der Waals surface area contributed by atoms with Crippen LogP contribution in [0.1, 0.15) is 106 Å². The summed E-state index contributed by atoms with van der Waals surface area (Å²) in [4.78, 5) is 26.8. The first kappa shape index (κ1) is 33.4. The molecule has 0 spiro atoms. The van der Waals surface area contributed by atoms with Crippen molar-refractivity contribution in [2.45, 2.75) is 143 Å². The lowest BCUT2D eigenvalue weighted by molar-refractivity contribution is -0.324. The second-order valence-corrected chi connectivity index (χ2v) is 17.2. The molecule has 5 N–H and O–H groups in total. The third kappa shape index (κ3) is 4.28. The lowest BCUT2D eigenvalue weighted by Crippen LogP contribution is -2.68. The fraction of sp³-hybridized carbons (Fsp3) is 0.889. The summed E-state index contributed by atoms with van der Waals surface area (Å²) in [6, 6.07) is 0. The van der Waals surface area contributed by atoms with Crippen molar-refractivity contribution < 1.29 is 44.6 Å². The van der Waals surface area contributed by atoms with Crippen LogP contribution < -0.4 is 0 Å². The van der Waals surface area contributed by atoms with E-state index >= 15 is 0 Å². The minimum atomic E-state index is -1.36. The van der Waals surface area contributed by atoms with Gasteiger partial charge < -0.3 is 35.0 Å². The lowest BCUT2D eigenvalue weighted by Gasteiger charge is -2.70. The summed E-state index contributed by atoms with van der Waals surface area (Å²) in [6.45, 7) is 15.0. The second-order valence-electron chi connectivity index (χ2n) is 17.2. The SMILES string of the molecule is C[C@H]1[C@H](C)CC[C@]2(C(=O)O)CC[C@]3(C(=O)O)C(=CC[C@H]4[C@@]5(C)CC[C@H](O[C@@H]6O[C@H](C)[C@H](O)[C@H](O)[C@H]6O)C(C)(C)[C@H]5CC[C@]43C)[C@H]12. The molecule has 1 aliphatic heterocycles. The molecule has 0 aromatic heterocycles. The molecular weight excluding hydrogens is 576 g/mol. The van der Waals surface area contributed by atoms with Crippen LogP contribution >= 0.6 is 0 Å². The number of aliphatic hydroxyl groups excluding tert-OH is 3. The molecule has 0 aromatic rings. The van der Waals surface area contributed by atoms with Gasteiger partial charge in [0.15, 0.2) is 6.29 Å². The Hall–Kier alpha value is -1.52. The van der Waals surface area contributed by atoms with E-state index in [2.05, 4.69) is 47.6 Å². The van der Waals surface area contributed by atoms with Gasteiger partial charge in [-0.15, -0.1) is 0 Å². The Balaban J connectivity index is 1.35. The van der Waals surface area contributed by atoms with Gasteiger partial charge in [-0.1, -0.05) is 53.2 Å². The smallest absolute Gasteiger partial charge is 0.314 e. The van der Waals surface area contributed by atoms with Crippen LogP contribution in [0.2, 0.25) is 0 Å². The van der Waals surface area contributed by atoms with E-state index in [0.29, 0.717) is 31.6 Å². The van der Waals surface area contributed by atoms with E-state index in [4.69, 9.17) is 9.47 Å². The second kappa shape index (κ2) is 10.7. The number of aliphatic carboxylic acids is 2. The van der Waals surface area contributed by atoms with Crippen molar-refractivity contribution in [3.63, 3.8) is 0 Å². The topological polar surface area (TPSA) is 154 Å². The average Bonchev–Trinajstić information content (AvgIpc) is 2.97. The molecule has 6 rings (SSSR count). The van der Waals surface area contributed by atoms with Gasteiger partial charge in [0.1, 0.15) is 18.3 Å². The highest BCUT2D eigenvalue weighted by Gasteiger charge is 2.73. The van der Waals surface area contributed by atoms with Crippen LogP contribution in [0.3, 0.4) is 0 Å². The summed E-state index contributed by atoms with van der Waals surface area (Å²) in [5, 5.41) is 53.2. The Kier molecular flexibility index (Phi) is 7.97. The number of carboxylic acids is 2. The van der Waals surface area contributed by atoms with Gasteiger partial charge in [0, 0.05) is 0 Å². The molecule has 4 saturated carbocycles. The highest BCUT2D eigenvalue weighted by Crippen LogP contribution is 2.76. The minimum absolute atomic E-state index is 0.0958. The van der Waals surface area contributed by atoms with E-state index in [0.717, 1.165) is 37.7 Å². The highest BCUT2D eigenvalue weighted by atomic mass is 16.7.